The van der Waals surface area contributed by atoms with E-state index in [1.165, 1.54) is 43.2 Å². The number of unbranched alkanes of at least 4 members (excludes halogenated alkanes) is 2. The Balaban J connectivity index is 2.81. The van der Waals surface area contributed by atoms with Crippen molar-refractivity contribution in [1.82, 2.24) is 0 Å². The summed E-state index contributed by atoms with van der Waals surface area (Å²) in [6.45, 7) is 6.53. The average Bonchev–Trinajstić information content (AvgIpc) is 2.35. The van der Waals surface area contributed by atoms with Gasteiger partial charge in [0.05, 0.1) is 0 Å². The van der Waals surface area contributed by atoms with Crippen molar-refractivity contribution in [3.05, 3.63) is 29.3 Å². The van der Waals surface area contributed by atoms with Crippen LogP contribution >= 0.6 is 9.24 Å². The molecular formula is C16H27OP. The molecule has 1 aromatic carbocycles. The summed E-state index contributed by atoms with van der Waals surface area (Å²) in [6, 6.07) is 6.71. The van der Waals surface area contributed by atoms with Gasteiger partial charge in [-0.3, -0.25) is 0 Å². The molecule has 0 aromatic heterocycles. The molecule has 1 rings (SSSR count). The van der Waals surface area contributed by atoms with E-state index in [2.05, 4.69) is 48.2 Å². The van der Waals surface area contributed by atoms with Crippen molar-refractivity contribution in [2.24, 2.45) is 0 Å². The Hall–Kier alpha value is -0.550. The monoisotopic (exact) mass is 266 g/mol. The average molecular weight is 266 g/mol. The fourth-order valence-corrected chi connectivity index (χ4v) is 2.19. The maximum Gasteiger partial charge on any atom is 0.123 e. The van der Waals surface area contributed by atoms with Gasteiger partial charge in [0.25, 0.3) is 0 Å². The molecule has 2 unspecified atom stereocenters. The summed E-state index contributed by atoms with van der Waals surface area (Å²) in [4.78, 5) is 0. The molecule has 0 N–H and O–H groups in total. The first-order valence-electron chi connectivity index (χ1n) is 7.21. The third-order valence-electron chi connectivity index (χ3n) is 3.06. The Bertz CT molecular complexity index is 347. The Kier molecular flexibility index (Phi) is 7.35. The minimum atomic E-state index is 0.173. The van der Waals surface area contributed by atoms with E-state index in [0.717, 1.165) is 12.2 Å². The molecule has 0 spiro atoms. The van der Waals surface area contributed by atoms with Crippen LogP contribution in [0.25, 0.3) is 0 Å². The molecule has 2 heteroatoms. The van der Waals surface area contributed by atoms with Gasteiger partial charge in [0.1, 0.15) is 11.6 Å². The van der Waals surface area contributed by atoms with E-state index in [0.29, 0.717) is 0 Å². The first kappa shape index (κ1) is 15.5. The van der Waals surface area contributed by atoms with Crippen molar-refractivity contribution in [2.75, 3.05) is 0 Å². The molecule has 0 aliphatic carbocycles. The van der Waals surface area contributed by atoms with E-state index >= 15 is 0 Å². The van der Waals surface area contributed by atoms with E-state index < -0.39 is 0 Å². The number of hydrogen-bond acceptors (Lipinski definition) is 1. The lowest BCUT2D eigenvalue weighted by Crippen LogP contribution is -2.05. The van der Waals surface area contributed by atoms with Gasteiger partial charge >= 0.3 is 0 Å². The van der Waals surface area contributed by atoms with Crippen LogP contribution in [0.3, 0.4) is 0 Å². The zero-order valence-electron chi connectivity index (χ0n) is 12.0. The highest BCUT2D eigenvalue weighted by Gasteiger charge is 2.07. The Morgan fingerprint density at radius 2 is 1.78 bits per heavy atom. The lowest BCUT2D eigenvalue weighted by Gasteiger charge is -2.15. The third kappa shape index (κ3) is 5.40. The van der Waals surface area contributed by atoms with Crippen LogP contribution < -0.4 is 4.74 Å². The van der Waals surface area contributed by atoms with Gasteiger partial charge in [0.15, 0.2) is 0 Å². The molecule has 102 valence electrons. The largest absolute Gasteiger partial charge is 0.487 e. The molecule has 0 amide bonds. The van der Waals surface area contributed by atoms with Crippen molar-refractivity contribution in [1.29, 1.82) is 0 Å². The number of rotatable bonds is 8. The summed E-state index contributed by atoms with van der Waals surface area (Å²) in [5.74, 6) is 1.23. The highest BCUT2D eigenvalue weighted by Crippen LogP contribution is 2.25. The zero-order chi connectivity index (χ0) is 13.4. The van der Waals surface area contributed by atoms with Gasteiger partial charge in [-0.15, -0.1) is 0 Å². The Morgan fingerprint density at radius 3 is 2.39 bits per heavy atom. The zero-order valence-corrected chi connectivity index (χ0v) is 13.2. The van der Waals surface area contributed by atoms with E-state index in [1.807, 2.05) is 0 Å². The van der Waals surface area contributed by atoms with E-state index in [4.69, 9.17) is 4.74 Å². The van der Waals surface area contributed by atoms with E-state index in [9.17, 15) is 0 Å². The molecule has 0 saturated heterocycles. The van der Waals surface area contributed by atoms with Crippen molar-refractivity contribution in [3.63, 3.8) is 0 Å². The molecule has 0 aliphatic rings. The number of benzene rings is 1. The maximum atomic E-state index is 5.86. The number of aryl methyl sites for hydroxylation is 2. The van der Waals surface area contributed by atoms with Crippen LogP contribution in [0.5, 0.6) is 5.75 Å². The summed E-state index contributed by atoms with van der Waals surface area (Å²) in [6.07, 6.45) is 7.31. The minimum absolute atomic E-state index is 0.173. The summed E-state index contributed by atoms with van der Waals surface area (Å²) < 4.78 is 5.86. The molecule has 0 bridgehead atoms. The van der Waals surface area contributed by atoms with Crippen molar-refractivity contribution in [2.45, 2.75) is 65.1 Å². The molecule has 1 aromatic rings. The summed E-state index contributed by atoms with van der Waals surface area (Å²) in [5.41, 5.74) is 2.83. The van der Waals surface area contributed by atoms with Crippen LogP contribution in [0.15, 0.2) is 18.2 Å². The molecule has 0 aliphatic heterocycles. The molecule has 2 atom stereocenters. The maximum absolute atomic E-state index is 5.86. The molecule has 0 saturated carbocycles. The van der Waals surface area contributed by atoms with Gasteiger partial charge in [-0.2, -0.15) is 0 Å². The van der Waals surface area contributed by atoms with Crippen molar-refractivity contribution in [3.8, 4) is 5.75 Å². The molecule has 0 heterocycles. The third-order valence-corrected chi connectivity index (χ3v) is 3.19. The van der Waals surface area contributed by atoms with Crippen LogP contribution in [0.4, 0.5) is 0 Å². The van der Waals surface area contributed by atoms with E-state index in [1.54, 1.807) is 0 Å². The first-order valence-corrected chi connectivity index (χ1v) is 7.88. The molecule has 0 radical (unpaired) electrons. The van der Waals surface area contributed by atoms with Gasteiger partial charge in [0, 0.05) is 0 Å². The standard InChI is InChI=1S/C16H27OP/c1-4-6-8-14-10-11-16(17-13(3)18)15(12-14)9-7-5-2/h10-13H,4-9,18H2,1-3H3. The Labute approximate surface area is 115 Å². The lowest BCUT2D eigenvalue weighted by atomic mass is 10.0. The second-order valence-electron chi connectivity index (χ2n) is 4.97. The van der Waals surface area contributed by atoms with Gasteiger partial charge in [0.2, 0.25) is 0 Å². The predicted octanol–water partition coefficient (Wildman–Crippen LogP) is 4.97. The van der Waals surface area contributed by atoms with Crippen molar-refractivity contribution >= 4 is 9.24 Å². The molecule has 0 fully saturated rings. The van der Waals surface area contributed by atoms with Crippen molar-refractivity contribution < 1.29 is 4.74 Å². The van der Waals surface area contributed by atoms with Crippen LogP contribution in [0.1, 0.15) is 57.6 Å². The number of hydrogen-bond donors (Lipinski definition) is 0. The van der Waals surface area contributed by atoms with Crippen LogP contribution in [0.2, 0.25) is 0 Å². The van der Waals surface area contributed by atoms with Crippen LogP contribution in [-0.2, 0) is 12.8 Å². The van der Waals surface area contributed by atoms with Crippen LogP contribution in [-0.4, -0.2) is 5.85 Å². The summed E-state index contributed by atoms with van der Waals surface area (Å²) in [7, 11) is 2.70. The Morgan fingerprint density at radius 1 is 1.11 bits per heavy atom. The molecular weight excluding hydrogens is 239 g/mol. The second-order valence-corrected chi connectivity index (χ2v) is 5.91. The topological polar surface area (TPSA) is 9.23 Å². The normalized spacial score (nSPS) is 12.4. The summed E-state index contributed by atoms with van der Waals surface area (Å²) in [5, 5.41) is 0. The van der Waals surface area contributed by atoms with Crippen LogP contribution in [0, 0.1) is 0 Å². The molecule has 18 heavy (non-hydrogen) atoms. The second kappa shape index (κ2) is 8.53. The van der Waals surface area contributed by atoms with Gasteiger partial charge in [-0.25, -0.2) is 0 Å². The summed E-state index contributed by atoms with van der Waals surface area (Å²) >= 11 is 0. The quantitative estimate of drug-likeness (QED) is 0.603. The van der Waals surface area contributed by atoms with Gasteiger partial charge in [-0.05, 0) is 49.8 Å². The smallest absolute Gasteiger partial charge is 0.123 e. The SMILES string of the molecule is CCCCc1ccc(OC(C)P)c(CCCC)c1. The lowest BCUT2D eigenvalue weighted by molar-refractivity contribution is 0.303. The van der Waals surface area contributed by atoms with Gasteiger partial charge in [-0.1, -0.05) is 48.1 Å². The fourth-order valence-electron chi connectivity index (χ4n) is 2.05. The fraction of sp³-hybridized carbons (Fsp3) is 0.625. The predicted molar refractivity (Wildman–Crippen MR) is 83.5 cm³/mol. The number of ether oxygens (including phenoxy) is 1. The van der Waals surface area contributed by atoms with E-state index in [-0.39, 0.29) is 5.85 Å². The highest BCUT2D eigenvalue weighted by molar-refractivity contribution is 7.17. The van der Waals surface area contributed by atoms with Gasteiger partial charge < -0.3 is 4.74 Å². The first-order chi connectivity index (χ1) is 8.67. The molecule has 1 nitrogen and oxygen atoms in total. The minimum Gasteiger partial charge on any atom is -0.487 e. The highest BCUT2D eigenvalue weighted by atomic mass is 31.0.